The second-order valence-electron chi connectivity index (χ2n) is 14.2. The molecule has 0 spiro atoms. The molecule has 0 aliphatic heterocycles. The molecule has 202 valence electrons. The van der Waals surface area contributed by atoms with Gasteiger partial charge in [-0.2, -0.15) is 0 Å². The number of carboxylic acid groups (broad SMARTS) is 1. The van der Waals surface area contributed by atoms with Gasteiger partial charge in [0.2, 0.25) is 0 Å². The van der Waals surface area contributed by atoms with Crippen molar-refractivity contribution in [1.82, 2.24) is 0 Å². The van der Waals surface area contributed by atoms with Crippen LogP contribution < -0.4 is 0 Å². The second kappa shape index (κ2) is 8.30. The van der Waals surface area contributed by atoms with Gasteiger partial charge < -0.3 is 20.5 Å². The predicted octanol–water partition coefficient (Wildman–Crippen LogP) is 5.50. The number of oxime groups is 1. The smallest absolute Gasteiger partial charge is 0.309 e. The van der Waals surface area contributed by atoms with Gasteiger partial charge in [-0.25, -0.2) is 0 Å². The molecule has 0 bridgehead atoms. The predicted molar refractivity (Wildman–Crippen MR) is 139 cm³/mol. The molecule has 0 aromatic rings. The van der Waals surface area contributed by atoms with Crippen LogP contribution in [0.2, 0.25) is 0 Å². The third kappa shape index (κ3) is 2.98. The average molecular weight is 502 g/mol. The van der Waals surface area contributed by atoms with E-state index in [1.165, 1.54) is 0 Å². The van der Waals surface area contributed by atoms with E-state index in [2.05, 4.69) is 39.4 Å². The van der Waals surface area contributed by atoms with Crippen LogP contribution in [-0.2, 0) is 4.79 Å². The zero-order valence-corrected chi connectivity index (χ0v) is 22.7. The molecule has 0 heterocycles. The Kier molecular flexibility index (Phi) is 6.04. The fraction of sp³-hybridized carbons (Fsp3) is 0.867. The highest BCUT2D eigenvalue weighted by atomic mass is 16.4. The number of carbonyl (C=O) groups is 1. The van der Waals surface area contributed by atoms with Gasteiger partial charge in [0.05, 0.1) is 24.3 Å². The molecule has 0 aromatic carbocycles. The largest absolute Gasteiger partial charge is 0.481 e. The topological polar surface area (TPSA) is 110 Å². The Labute approximate surface area is 216 Å². The molecule has 0 saturated heterocycles. The summed E-state index contributed by atoms with van der Waals surface area (Å²) < 4.78 is 0. The molecule has 6 heteroatoms. The lowest BCUT2D eigenvalue weighted by atomic mass is 9.32. The lowest BCUT2D eigenvalue weighted by Gasteiger charge is -2.72. The van der Waals surface area contributed by atoms with Gasteiger partial charge in [-0.3, -0.25) is 4.79 Å². The Bertz CT molecular complexity index is 978. The van der Waals surface area contributed by atoms with Crippen molar-refractivity contribution in [3.8, 4) is 0 Å². The van der Waals surface area contributed by atoms with E-state index in [4.69, 9.17) is 0 Å². The highest BCUT2D eigenvalue weighted by Crippen LogP contribution is 2.77. The fourth-order valence-electron chi connectivity index (χ4n) is 11.5. The van der Waals surface area contributed by atoms with Gasteiger partial charge in [-0.1, -0.05) is 39.4 Å². The van der Waals surface area contributed by atoms with Crippen molar-refractivity contribution in [2.75, 3.05) is 13.2 Å². The first kappa shape index (κ1) is 26.2. The molecule has 36 heavy (non-hydrogen) atoms. The molecular formula is C30H47NO5. The van der Waals surface area contributed by atoms with Crippen LogP contribution in [0.15, 0.2) is 17.3 Å². The van der Waals surface area contributed by atoms with Crippen LogP contribution in [0.25, 0.3) is 0 Å². The number of aliphatic hydroxyl groups is 2. The summed E-state index contributed by atoms with van der Waals surface area (Å²) in [6.45, 7) is 13.6. The first-order valence-electron chi connectivity index (χ1n) is 14.2. The molecule has 10 atom stereocenters. The van der Waals surface area contributed by atoms with E-state index in [-0.39, 0.29) is 47.2 Å². The monoisotopic (exact) mass is 501 g/mol. The number of hydrogen-bond acceptors (Lipinski definition) is 5. The summed E-state index contributed by atoms with van der Waals surface area (Å²) in [5.74, 6) is 0.532. The van der Waals surface area contributed by atoms with E-state index in [9.17, 15) is 25.3 Å². The van der Waals surface area contributed by atoms with E-state index >= 15 is 0 Å². The maximum atomic E-state index is 12.8. The number of aliphatic carboxylic acids is 1. The van der Waals surface area contributed by atoms with Crippen molar-refractivity contribution < 1.29 is 25.3 Å². The van der Waals surface area contributed by atoms with Crippen molar-refractivity contribution >= 4 is 11.7 Å². The van der Waals surface area contributed by atoms with Crippen LogP contribution in [0.4, 0.5) is 0 Å². The van der Waals surface area contributed by atoms with Gasteiger partial charge >= 0.3 is 5.97 Å². The van der Waals surface area contributed by atoms with Crippen molar-refractivity contribution in [3.05, 3.63) is 12.2 Å². The van der Waals surface area contributed by atoms with Crippen LogP contribution in [0.3, 0.4) is 0 Å². The Morgan fingerprint density at radius 1 is 0.944 bits per heavy atom. The number of nitrogens with zero attached hydrogens (tertiary/aromatic N) is 1. The van der Waals surface area contributed by atoms with Gasteiger partial charge in [-0.05, 0) is 116 Å². The lowest BCUT2D eigenvalue weighted by molar-refractivity contribution is -0.232. The summed E-state index contributed by atoms with van der Waals surface area (Å²) in [6.07, 6.45) is 8.99. The molecule has 5 fully saturated rings. The molecule has 5 saturated carbocycles. The van der Waals surface area contributed by atoms with Crippen LogP contribution in [-0.4, -0.2) is 45.4 Å². The SMILES string of the molecule is C=C(CO)[C@@H]1CC[C@]2(C(=O)O)CC[C@]3(C)[C@H](CC[C@@H]4[C@@]5(C)CC/C(=N/O)[C@@](C)(CO)[C@@H]5CC[C@]43C)[C@@H]12. The third-order valence-electron chi connectivity index (χ3n) is 13.6. The molecule has 0 radical (unpaired) electrons. The van der Waals surface area contributed by atoms with Gasteiger partial charge in [0.15, 0.2) is 0 Å². The maximum Gasteiger partial charge on any atom is 0.309 e. The van der Waals surface area contributed by atoms with E-state index in [0.717, 1.165) is 62.7 Å². The van der Waals surface area contributed by atoms with Crippen molar-refractivity contribution in [1.29, 1.82) is 0 Å². The normalized spacial score (nSPS) is 53.2. The molecule has 0 amide bonds. The minimum absolute atomic E-state index is 0.00410. The Morgan fingerprint density at radius 3 is 2.28 bits per heavy atom. The Balaban J connectivity index is 1.56. The van der Waals surface area contributed by atoms with E-state index < -0.39 is 16.8 Å². The Hall–Kier alpha value is -1.40. The van der Waals surface area contributed by atoms with Gasteiger partial charge in [0.25, 0.3) is 0 Å². The molecule has 5 rings (SSSR count). The molecule has 6 nitrogen and oxygen atoms in total. The van der Waals surface area contributed by atoms with E-state index in [0.29, 0.717) is 24.7 Å². The van der Waals surface area contributed by atoms with Gasteiger partial charge in [0, 0.05) is 5.41 Å². The molecule has 4 N–H and O–H groups in total. The number of aliphatic hydroxyl groups excluding tert-OH is 2. The summed E-state index contributed by atoms with van der Waals surface area (Å²) in [4.78, 5) is 12.8. The summed E-state index contributed by atoms with van der Waals surface area (Å²) in [5, 5.41) is 44.4. The highest BCUT2D eigenvalue weighted by Gasteiger charge is 2.72. The molecule has 5 aliphatic carbocycles. The first-order chi connectivity index (χ1) is 16.9. The van der Waals surface area contributed by atoms with Crippen molar-refractivity contribution in [2.45, 2.75) is 91.9 Å². The zero-order chi connectivity index (χ0) is 26.3. The highest BCUT2D eigenvalue weighted by molar-refractivity contribution is 5.91. The first-order valence-corrected chi connectivity index (χ1v) is 14.2. The van der Waals surface area contributed by atoms with Crippen LogP contribution in [0.5, 0.6) is 0 Å². The number of fused-ring (bicyclic) bond motifs is 7. The number of hydrogen-bond donors (Lipinski definition) is 4. The van der Waals surface area contributed by atoms with Crippen LogP contribution in [0, 0.1) is 56.7 Å². The summed E-state index contributed by atoms with van der Waals surface area (Å²) in [7, 11) is 0. The second-order valence-corrected chi connectivity index (χ2v) is 14.2. The minimum atomic E-state index is -0.690. The lowest BCUT2D eigenvalue weighted by Crippen LogP contribution is -2.67. The molecule has 0 unspecified atom stereocenters. The van der Waals surface area contributed by atoms with E-state index in [1.54, 1.807) is 0 Å². The maximum absolute atomic E-state index is 12.8. The quantitative estimate of drug-likeness (QED) is 0.231. The fourth-order valence-corrected chi connectivity index (χ4v) is 11.5. The number of rotatable bonds is 4. The average Bonchev–Trinajstić information content (AvgIpc) is 3.25. The summed E-state index contributed by atoms with van der Waals surface area (Å²) >= 11 is 0. The van der Waals surface area contributed by atoms with Crippen molar-refractivity contribution in [2.24, 2.45) is 61.8 Å². The standard InChI is InChI=1S/C30H47NO5/c1-18(16-32)19-8-13-30(25(34)35)15-14-28(4)20(24(19)30)6-7-22-26(2)11-10-23(31-36)27(3,17-33)21(26)9-12-29(22,28)5/h19-22,24,32-33,36H,1,6-17H2,2-5H3,(H,34,35)/b31-23-/t19-,20+,21+,22+,24+,26-,27-,28+,29+,30-/m0/s1. The van der Waals surface area contributed by atoms with Crippen LogP contribution in [0.1, 0.15) is 91.9 Å². The molecule has 5 aliphatic rings. The van der Waals surface area contributed by atoms with Gasteiger partial charge in [0.1, 0.15) is 0 Å². The Morgan fingerprint density at radius 2 is 1.67 bits per heavy atom. The van der Waals surface area contributed by atoms with Crippen LogP contribution >= 0.6 is 0 Å². The zero-order valence-electron chi connectivity index (χ0n) is 22.7. The van der Waals surface area contributed by atoms with Gasteiger partial charge in [-0.15, -0.1) is 0 Å². The van der Waals surface area contributed by atoms with E-state index in [1.807, 2.05) is 0 Å². The molecule has 0 aromatic heterocycles. The minimum Gasteiger partial charge on any atom is -0.481 e. The summed E-state index contributed by atoms with van der Waals surface area (Å²) in [5.41, 5.74) is 0.507. The summed E-state index contributed by atoms with van der Waals surface area (Å²) in [6, 6.07) is 0. The third-order valence-corrected chi connectivity index (χ3v) is 13.6. The molecular weight excluding hydrogens is 454 g/mol. The number of carboxylic acids is 1. The van der Waals surface area contributed by atoms with Crippen molar-refractivity contribution in [3.63, 3.8) is 0 Å².